The summed E-state index contributed by atoms with van der Waals surface area (Å²) in [5.41, 5.74) is 1.96. The van der Waals surface area contributed by atoms with E-state index in [4.69, 9.17) is 0 Å². The summed E-state index contributed by atoms with van der Waals surface area (Å²) in [5, 5.41) is 9.39. The van der Waals surface area contributed by atoms with E-state index in [-0.39, 0.29) is 0 Å². The lowest BCUT2D eigenvalue weighted by molar-refractivity contribution is 0.199. The molecule has 0 bridgehead atoms. The summed E-state index contributed by atoms with van der Waals surface area (Å²) in [7, 11) is 0. The standard InChI is InChI=1S/C13H20N2O/c1-5-15(9-10(2)3)13-7-6-12(8-14-13)11(4)16/h6-8,11,16H,2,5,9H2,1,3-4H3/t11-/m1/s1. The Morgan fingerprint density at radius 1 is 1.56 bits per heavy atom. The molecule has 88 valence electrons. The number of pyridine rings is 1. The van der Waals surface area contributed by atoms with Crippen LogP contribution in [-0.4, -0.2) is 23.2 Å². The highest BCUT2D eigenvalue weighted by Crippen LogP contribution is 2.16. The monoisotopic (exact) mass is 220 g/mol. The van der Waals surface area contributed by atoms with E-state index >= 15 is 0 Å². The second kappa shape index (κ2) is 5.66. The van der Waals surface area contributed by atoms with Crippen molar-refractivity contribution in [3.05, 3.63) is 36.0 Å². The number of anilines is 1. The minimum Gasteiger partial charge on any atom is -0.389 e. The zero-order chi connectivity index (χ0) is 12.1. The van der Waals surface area contributed by atoms with Gasteiger partial charge >= 0.3 is 0 Å². The van der Waals surface area contributed by atoms with E-state index < -0.39 is 6.10 Å². The third-order valence-corrected chi connectivity index (χ3v) is 2.42. The van der Waals surface area contributed by atoms with Gasteiger partial charge in [-0.1, -0.05) is 18.2 Å². The number of aliphatic hydroxyl groups is 1. The fraction of sp³-hybridized carbons (Fsp3) is 0.462. The Morgan fingerprint density at radius 3 is 2.62 bits per heavy atom. The van der Waals surface area contributed by atoms with Crippen molar-refractivity contribution in [2.45, 2.75) is 26.9 Å². The lowest BCUT2D eigenvalue weighted by Gasteiger charge is -2.22. The van der Waals surface area contributed by atoms with Gasteiger partial charge in [-0.2, -0.15) is 0 Å². The van der Waals surface area contributed by atoms with Crippen LogP contribution in [0.3, 0.4) is 0 Å². The van der Waals surface area contributed by atoms with Crippen LogP contribution in [0.25, 0.3) is 0 Å². The third kappa shape index (κ3) is 3.35. The van der Waals surface area contributed by atoms with Crippen LogP contribution in [0.2, 0.25) is 0 Å². The van der Waals surface area contributed by atoms with E-state index in [1.807, 2.05) is 19.1 Å². The van der Waals surface area contributed by atoms with Gasteiger partial charge in [0.1, 0.15) is 5.82 Å². The number of aliphatic hydroxyl groups excluding tert-OH is 1. The molecule has 0 aliphatic heterocycles. The lowest BCUT2D eigenvalue weighted by atomic mass is 10.2. The fourth-order valence-corrected chi connectivity index (χ4v) is 1.51. The van der Waals surface area contributed by atoms with Crippen molar-refractivity contribution >= 4 is 5.82 Å². The molecule has 3 nitrogen and oxygen atoms in total. The van der Waals surface area contributed by atoms with E-state index in [1.165, 1.54) is 0 Å². The van der Waals surface area contributed by atoms with Crippen molar-refractivity contribution in [3.8, 4) is 0 Å². The van der Waals surface area contributed by atoms with Crippen molar-refractivity contribution in [3.63, 3.8) is 0 Å². The predicted molar refractivity (Wildman–Crippen MR) is 67.6 cm³/mol. The number of hydrogen-bond acceptors (Lipinski definition) is 3. The van der Waals surface area contributed by atoms with E-state index in [2.05, 4.69) is 23.4 Å². The Labute approximate surface area is 97.4 Å². The van der Waals surface area contributed by atoms with Gasteiger partial charge in [0.2, 0.25) is 0 Å². The van der Waals surface area contributed by atoms with Gasteiger partial charge < -0.3 is 10.0 Å². The first-order valence-corrected chi connectivity index (χ1v) is 5.58. The Balaban J connectivity index is 2.82. The molecular formula is C13H20N2O. The normalized spacial score (nSPS) is 12.2. The molecule has 0 radical (unpaired) electrons. The average molecular weight is 220 g/mol. The van der Waals surface area contributed by atoms with Gasteiger partial charge in [-0.15, -0.1) is 0 Å². The maximum absolute atomic E-state index is 9.39. The van der Waals surface area contributed by atoms with Crippen molar-refractivity contribution < 1.29 is 5.11 Å². The third-order valence-electron chi connectivity index (χ3n) is 2.42. The van der Waals surface area contributed by atoms with Gasteiger partial charge in [0.15, 0.2) is 0 Å². The summed E-state index contributed by atoms with van der Waals surface area (Å²) in [4.78, 5) is 6.50. The summed E-state index contributed by atoms with van der Waals surface area (Å²) >= 11 is 0. The SMILES string of the molecule is C=C(C)CN(CC)c1ccc([C@@H](C)O)cn1. The Hall–Kier alpha value is -1.35. The van der Waals surface area contributed by atoms with Crippen molar-refractivity contribution in [2.75, 3.05) is 18.0 Å². The van der Waals surface area contributed by atoms with Crippen molar-refractivity contribution in [1.82, 2.24) is 4.98 Å². The molecule has 0 aromatic carbocycles. The molecule has 1 aromatic rings. The van der Waals surface area contributed by atoms with E-state index in [1.54, 1.807) is 13.1 Å². The van der Waals surface area contributed by atoms with E-state index in [0.717, 1.165) is 30.0 Å². The maximum Gasteiger partial charge on any atom is 0.128 e. The Morgan fingerprint density at radius 2 is 2.25 bits per heavy atom. The molecule has 0 aliphatic rings. The fourth-order valence-electron chi connectivity index (χ4n) is 1.51. The molecule has 1 atom stereocenters. The first kappa shape index (κ1) is 12.7. The van der Waals surface area contributed by atoms with Gasteiger partial charge in [-0.25, -0.2) is 4.98 Å². The van der Waals surface area contributed by atoms with Crippen LogP contribution in [0.15, 0.2) is 30.5 Å². The van der Waals surface area contributed by atoms with Crippen LogP contribution in [0.5, 0.6) is 0 Å². The summed E-state index contributed by atoms with van der Waals surface area (Å²) in [6.07, 6.45) is 1.26. The van der Waals surface area contributed by atoms with Crippen molar-refractivity contribution in [1.29, 1.82) is 0 Å². The van der Waals surface area contributed by atoms with Crippen molar-refractivity contribution in [2.24, 2.45) is 0 Å². The molecule has 0 amide bonds. The molecule has 0 saturated heterocycles. The Kier molecular flexibility index (Phi) is 4.50. The lowest BCUT2D eigenvalue weighted by Crippen LogP contribution is -2.25. The molecule has 0 fully saturated rings. The molecular weight excluding hydrogens is 200 g/mol. The number of rotatable bonds is 5. The van der Waals surface area contributed by atoms with Crippen LogP contribution in [0.4, 0.5) is 5.82 Å². The van der Waals surface area contributed by atoms with Gasteiger partial charge in [0.05, 0.1) is 6.10 Å². The zero-order valence-electron chi connectivity index (χ0n) is 10.3. The second-order valence-corrected chi connectivity index (χ2v) is 4.10. The molecule has 0 spiro atoms. The van der Waals surface area contributed by atoms with Gasteiger partial charge in [0, 0.05) is 19.3 Å². The highest BCUT2D eigenvalue weighted by molar-refractivity contribution is 5.40. The van der Waals surface area contributed by atoms with Crippen LogP contribution in [-0.2, 0) is 0 Å². The highest BCUT2D eigenvalue weighted by atomic mass is 16.3. The number of aromatic nitrogens is 1. The highest BCUT2D eigenvalue weighted by Gasteiger charge is 2.07. The van der Waals surface area contributed by atoms with Crippen LogP contribution in [0.1, 0.15) is 32.4 Å². The quantitative estimate of drug-likeness (QED) is 0.775. The van der Waals surface area contributed by atoms with Crippen LogP contribution in [0, 0.1) is 0 Å². The van der Waals surface area contributed by atoms with E-state index in [0.29, 0.717) is 0 Å². The van der Waals surface area contributed by atoms with Gasteiger partial charge in [-0.3, -0.25) is 0 Å². The maximum atomic E-state index is 9.39. The molecule has 1 heterocycles. The van der Waals surface area contributed by atoms with Gasteiger partial charge in [0.25, 0.3) is 0 Å². The molecule has 0 aliphatic carbocycles. The summed E-state index contributed by atoms with van der Waals surface area (Å²) in [6, 6.07) is 3.85. The molecule has 1 aromatic heterocycles. The largest absolute Gasteiger partial charge is 0.389 e. The average Bonchev–Trinajstić information content (AvgIpc) is 2.25. The van der Waals surface area contributed by atoms with Gasteiger partial charge in [-0.05, 0) is 32.4 Å². The number of nitrogens with zero attached hydrogens (tertiary/aromatic N) is 2. The molecule has 0 saturated carbocycles. The summed E-state index contributed by atoms with van der Waals surface area (Å²) < 4.78 is 0. The summed E-state index contributed by atoms with van der Waals surface area (Å²) in [5.74, 6) is 0.926. The molecule has 1 N–H and O–H groups in total. The van der Waals surface area contributed by atoms with Crippen LogP contribution >= 0.6 is 0 Å². The molecule has 0 unspecified atom stereocenters. The topological polar surface area (TPSA) is 36.4 Å². The molecule has 3 heteroatoms. The van der Waals surface area contributed by atoms with Crippen LogP contribution < -0.4 is 4.90 Å². The molecule has 16 heavy (non-hydrogen) atoms. The summed E-state index contributed by atoms with van der Waals surface area (Å²) in [6.45, 7) is 11.5. The van der Waals surface area contributed by atoms with E-state index in [9.17, 15) is 5.11 Å². The second-order valence-electron chi connectivity index (χ2n) is 4.10. The smallest absolute Gasteiger partial charge is 0.128 e. The number of likely N-dealkylation sites (N-methyl/N-ethyl adjacent to an activating group) is 1. The first-order chi connectivity index (χ1) is 7.54. The first-order valence-electron chi connectivity index (χ1n) is 5.58. The predicted octanol–water partition coefficient (Wildman–Crippen LogP) is 2.54. The minimum atomic E-state index is -0.460. The number of hydrogen-bond donors (Lipinski definition) is 1. The molecule has 1 rings (SSSR count). The Bertz CT molecular complexity index is 343. The zero-order valence-corrected chi connectivity index (χ0v) is 10.3. The minimum absolute atomic E-state index is 0.460.